The van der Waals surface area contributed by atoms with Crippen LogP contribution in [0.5, 0.6) is 11.5 Å². The molecule has 0 fully saturated rings. The lowest BCUT2D eigenvalue weighted by Gasteiger charge is -2.29. The SMILES string of the molecule is CCCNC(=NC)NCCCC(=O)N1CCc2cc(OC)c(OC)cc2C1. The Morgan fingerprint density at radius 2 is 1.81 bits per heavy atom. The van der Waals surface area contributed by atoms with Gasteiger partial charge in [-0.25, -0.2) is 0 Å². The van der Waals surface area contributed by atoms with Crippen LogP contribution in [0.3, 0.4) is 0 Å². The van der Waals surface area contributed by atoms with E-state index < -0.39 is 0 Å². The van der Waals surface area contributed by atoms with Crippen molar-refractivity contribution in [3.05, 3.63) is 23.3 Å². The number of nitrogens with zero attached hydrogens (tertiary/aromatic N) is 2. The first-order valence-electron chi connectivity index (χ1n) is 9.59. The number of amides is 1. The molecule has 7 heteroatoms. The molecular weight excluding hydrogens is 344 g/mol. The van der Waals surface area contributed by atoms with Crippen molar-refractivity contribution in [1.82, 2.24) is 15.5 Å². The van der Waals surface area contributed by atoms with Crippen LogP contribution in [0.1, 0.15) is 37.3 Å². The molecule has 1 aromatic carbocycles. The van der Waals surface area contributed by atoms with Gasteiger partial charge in [0.05, 0.1) is 14.2 Å². The van der Waals surface area contributed by atoms with Crippen molar-refractivity contribution in [3.63, 3.8) is 0 Å². The quantitative estimate of drug-likeness (QED) is 0.412. The smallest absolute Gasteiger partial charge is 0.222 e. The topological polar surface area (TPSA) is 75.2 Å². The monoisotopic (exact) mass is 376 g/mol. The van der Waals surface area contributed by atoms with Crippen LogP contribution in [-0.2, 0) is 17.8 Å². The zero-order chi connectivity index (χ0) is 19.6. The van der Waals surface area contributed by atoms with E-state index in [0.717, 1.165) is 56.2 Å². The summed E-state index contributed by atoms with van der Waals surface area (Å²) in [4.78, 5) is 18.7. The Labute approximate surface area is 162 Å². The molecule has 0 unspecified atom stereocenters. The van der Waals surface area contributed by atoms with E-state index in [0.29, 0.717) is 18.7 Å². The van der Waals surface area contributed by atoms with E-state index in [2.05, 4.69) is 22.5 Å². The fourth-order valence-corrected chi connectivity index (χ4v) is 3.16. The summed E-state index contributed by atoms with van der Waals surface area (Å²) in [5, 5.41) is 6.47. The largest absolute Gasteiger partial charge is 0.493 e. The van der Waals surface area contributed by atoms with E-state index in [1.807, 2.05) is 17.0 Å². The third-order valence-electron chi connectivity index (χ3n) is 4.70. The maximum absolute atomic E-state index is 12.6. The lowest BCUT2D eigenvalue weighted by molar-refractivity contribution is -0.132. The van der Waals surface area contributed by atoms with Gasteiger partial charge in [-0.05, 0) is 42.5 Å². The molecule has 0 saturated heterocycles. The van der Waals surface area contributed by atoms with Crippen molar-refractivity contribution in [2.24, 2.45) is 4.99 Å². The molecule has 1 aromatic rings. The summed E-state index contributed by atoms with van der Waals surface area (Å²) >= 11 is 0. The number of ether oxygens (including phenoxy) is 2. The zero-order valence-corrected chi connectivity index (χ0v) is 16.9. The van der Waals surface area contributed by atoms with Crippen molar-refractivity contribution >= 4 is 11.9 Å². The number of fused-ring (bicyclic) bond motifs is 1. The van der Waals surface area contributed by atoms with Gasteiger partial charge in [-0.1, -0.05) is 6.92 Å². The highest BCUT2D eigenvalue weighted by molar-refractivity contribution is 5.80. The van der Waals surface area contributed by atoms with Gasteiger partial charge in [-0.3, -0.25) is 9.79 Å². The lowest BCUT2D eigenvalue weighted by atomic mass is 9.98. The number of methoxy groups -OCH3 is 2. The minimum Gasteiger partial charge on any atom is -0.493 e. The highest BCUT2D eigenvalue weighted by Crippen LogP contribution is 2.33. The molecule has 0 radical (unpaired) electrons. The van der Waals surface area contributed by atoms with Gasteiger partial charge in [0.1, 0.15) is 0 Å². The lowest BCUT2D eigenvalue weighted by Crippen LogP contribution is -2.39. The molecule has 0 bridgehead atoms. The van der Waals surface area contributed by atoms with Crippen LogP contribution in [0.4, 0.5) is 0 Å². The zero-order valence-electron chi connectivity index (χ0n) is 16.9. The Hall–Kier alpha value is -2.44. The van der Waals surface area contributed by atoms with Gasteiger partial charge in [-0.15, -0.1) is 0 Å². The summed E-state index contributed by atoms with van der Waals surface area (Å²) in [7, 11) is 5.03. The number of hydrogen-bond donors (Lipinski definition) is 2. The number of benzene rings is 1. The molecule has 150 valence electrons. The number of carbonyl (C=O) groups excluding carboxylic acids is 1. The first-order chi connectivity index (χ1) is 13.1. The van der Waals surface area contributed by atoms with Gasteiger partial charge in [0.25, 0.3) is 0 Å². The molecule has 7 nitrogen and oxygen atoms in total. The van der Waals surface area contributed by atoms with E-state index in [1.165, 1.54) is 5.56 Å². The van der Waals surface area contributed by atoms with Crippen molar-refractivity contribution < 1.29 is 14.3 Å². The maximum Gasteiger partial charge on any atom is 0.222 e. The predicted molar refractivity (Wildman–Crippen MR) is 108 cm³/mol. The van der Waals surface area contributed by atoms with Crippen LogP contribution >= 0.6 is 0 Å². The number of guanidine groups is 1. The van der Waals surface area contributed by atoms with Gasteiger partial charge >= 0.3 is 0 Å². The number of hydrogen-bond acceptors (Lipinski definition) is 4. The van der Waals surface area contributed by atoms with Crippen LogP contribution in [0, 0.1) is 0 Å². The van der Waals surface area contributed by atoms with Crippen molar-refractivity contribution in [3.8, 4) is 11.5 Å². The highest BCUT2D eigenvalue weighted by Gasteiger charge is 2.22. The molecule has 0 aliphatic carbocycles. The Kier molecular flexibility index (Phi) is 8.23. The van der Waals surface area contributed by atoms with E-state index in [-0.39, 0.29) is 5.91 Å². The van der Waals surface area contributed by atoms with Gasteiger partial charge < -0.3 is 25.0 Å². The van der Waals surface area contributed by atoms with E-state index >= 15 is 0 Å². The molecule has 1 aliphatic heterocycles. The minimum absolute atomic E-state index is 0.189. The molecule has 2 rings (SSSR count). The molecular formula is C20H32N4O3. The highest BCUT2D eigenvalue weighted by atomic mass is 16.5. The summed E-state index contributed by atoms with van der Waals surface area (Å²) in [5.74, 6) is 2.43. The van der Waals surface area contributed by atoms with Crippen molar-refractivity contribution in [1.29, 1.82) is 0 Å². The number of carbonyl (C=O) groups is 1. The molecule has 0 atom stereocenters. The molecule has 0 saturated carbocycles. The predicted octanol–water partition coefficient (Wildman–Crippen LogP) is 1.94. The Morgan fingerprint density at radius 3 is 2.44 bits per heavy atom. The molecule has 2 N–H and O–H groups in total. The first-order valence-corrected chi connectivity index (χ1v) is 9.59. The van der Waals surface area contributed by atoms with Crippen LogP contribution in [0.15, 0.2) is 17.1 Å². The standard InChI is InChI=1S/C20H32N4O3/c1-5-9-22-20(21-2)23-10-6-7-19(25)24-11-8-15-12-17(26-3)18(27-4)13-16(15)14-24/h12-13H,5-11,14H2,1-4H3,(H2,21,22,23). The average Bonchev–Trinajstić information content (AvgIpc) is 2.71. The molecule has 27 heavy (non-hydrogen) atoms. The number of rotatable bonds is 8. The third kappa shape index (κ3) is 5.77. The molecule has 1 aliphatic rings. The van der Waals surface area contributed by atoms with E-state index in [4.69, 9.17) is 9.47 Å². The minimum atomic E-state index is 0.189. The molecule has 0 spiro atoms. The summed E-state index contributed by atoms with van der Waals surface area (Å²) < 4.78 is 10.8. The van der Waals surface area contributed by atoms with Crippen LogP contribution in [0.25, 0.3) is 0 Å². The average molecular weight is 377 g/mol. The summed E-state index contributed by atoms with van der Waals surface area (Å²) in [6.07, 6.45) is 3.20. The number of aliphatic imine (C=N–C) groups is 1. The van der Waals surface area contributed by atoms with E-state index in [9.17, 15) is 4.79 Å². The second-order valence-electron chi connectivity index (χ2n) is 6.57. The summed E-state index contributed by atoms with van der Waals surface area (Å²) in [6.45, 7) is 5.10. The van der Waals surface area contributed by atoms with Crippen molar-refractivity contribution in [2.75, 3.05) is 40.9 Å². The number of nitrogens with one attached hydrogen (secondary N) is 2. The molecule has 0 aromatic heterocycles. The maximum atomic E-state index is 12.6. The van der Waals surface area contributed by atoms with E-state index in [1.54, 1.807) is 21.3 Å². The third-order valence-corrected chi connectivity index (χ3v) is 4.70. The van der Waals surface area contributed by atoms with Gasteiger partial charge in [0.15, 0.2) is 17.5 Å². The fraction of sp³-hybridized carbons (Fsp3) is 0.600. The van der Waals surface area contributed by atoms with Crippen LogP contribution in [0.2, 0.25) is 0 Å². The molecule has 1 amide bonds. The fourth-order valence-electron chi connectivity index (χ4n) is 3.16. The normalized spacial score (nSPS) is 13.8. The van der Waals surface area contributed by atoms with Crippen LogP contribution < -0.4 is 20.1 Å². The molecule has 1 heterocycles. The Balaban J connectivity index is 1.83. The second kappa shape index (κ2) is 10.6. The first kappa shape index (κ1) is 20.9. The van der Waals surface area contributed by atoms with Gasteiger partial charge in [0, 0.05) is 39.6 Å². The van der Waals surface area contributed by atoms with Crippen LogP contribution in [-0.4, -0.2) is 57.7 Å². The van der Waals surface area contributed by atoms with Gasteiger partial charge in [0.2, 0.25) is 5.91 Å². The van der Waals surface area contributed by atoms with Crippen molar-refractivity contribution in [2.45, 2.75) is 39.2 Å². The Bertz CT molecular complexity index is 661. The summed E-state index contributed by atoms with van der Waals surface area (Å²) in [5.41, 5.74) is 2.36. The Morgan fingerprint density at radius 1 is 1.15 bits per heavy atom. The van der Waals surface area contributed by atoms with Gasteiger partial charge in [-0.2, -0.15) is 0 Å². The summed E-state index contributed by atoms with van der Waals surface area (Å²) in [6, 6.07) is 4.01. The second-order valence-corrected chi connectivity index (χ2v) is 6.57.